The van der Waals surface area contributed by atoms with E-state index in [0.717, 1.165) is 0 Å². The number of hydrogen-bond donors (Lipinski definition) is 0. The molecular weight excluding hydrogens is 128 g/mol. The van der Waals surface area contributed by atoms with E-state index < -0.39 is 5.95 Å². The maximum Gasteiger partial charge on any atom is 0.0887 e. The van der Waals surface area contributed by atoms with E-state index in [0.29, 0.717) is 31.3 Å². The van der Waals surface area contributed by atoms with Crippen LogP contribution in [-0.2, 0) is 0 Å². The summed E-state index contributed by atoms with van der Waals surface area (Å²) in [6.45, 7) is 7.12. The molecule has 10 heavy (non-hydrogen) atoms. The van der Waals surface area contributed by atoms with Crippen LogP contribution in [0.2, 0.25) is 0 Å². The lowest BCUT2D eigenvalue weighted by molar-refractivity contribution is -0.515. The summed E-state index contributed by atoms with van der Waals surface area (Å²) in [5, 5.41) is 20.6. The van der Waals surface area contributed by atoms with Crippen molar-refractivity contribution in [2.24, 2.45) is 0 Å². The number of hydrogen-bond acceptors (Lipinski definition) is 2. The van der Waals surface area contributed by atoms with Gasteiger partial charge in [0.05, 0.1) is 26.7 Å². The van der Waals surface area contributed by atoms with Crippen molar-refractivity contribution in [3.63, 3.8) is 0 Å². The van der Waals surface area contributed by atoms with Crippen LogP contribution in [0.4, 0.5) is 0 Å². The second-order valence-electron chi connectivity index (χ2n) is 2.10. The number of allylic oxidation sites excluding steroid dienone is 1. The number of rotatable bonds is 4. The molecule has 0 unspecified atom stereocenters. The summed E-state index contributed by atoms with van der Waals surface area (Å²) in [6, 6.07) is 0. The lowest BCUT2D eigenvalue weighted by Gasteiger charge is -2.22. The Labute approximate surface area is 62.2 Å². The monoisotopic (exact) mass is 140 g/mol. The lowest BCUT2D eigenvalue weighted by Crippen LogP contribution is -2.21. The molecule has 0 heterocycles. The van der Waals surface area contributed by atoms with Crippen molar-refractivity contribution < 1.29 is 10.2 Å². The van der Waals surface area contributed by atoms with Gasteiger partial charge in [-0.05, 0) is 0 Å². The molecule has 0 aromatic heterocycles. The SMILES string of the molecule is [CH2+]CCC(CC[CH2+])=C([O-])[O-]. The Bertz CT molecular complexity index is 104. The Morgan fingerprint density at radius 3 is 1.60 bits per heavy atom. The normalized spacial score (nSPS) is 9.20. The lowest BCUT2D eigenvalue weighted by atomic mass is 10.1. The van der Waals surface area contributed by atoms with Crippen LogP contribution >= 0.6 is 0 Å². The van der Waals surface area contributed by atoms with Gasteiger partial charge in [-0.1, -0.05) is 5.57 Å². The minimum absolute atomic E-state index is 0.435. The van der Waals surface area contributed by atoms with Crippen molar-refractivity contribution in [2.75, 3.05) is 0 Å². The Morgan fingerprint density at radius 1 is 1.00 bits per heavy atom. The van der Waals surface area contributed by atoms with Gasteiger partial charge in [0.25, 0.3) is 0 Å². The molecule has 0 spiro atoms. The van der Waals surface area contributed by atoms with Crippen LogP contribution in [0.1, 0.15) is 25.7 Å². The minimum Gasteiger partial charge on any atom is -0.884 e. The molecule has 0 saturated carbocycles. The molecule has 0 amide bonds. The summed E-state index contributed by atoms with van der Waals surface area (Å²) in [5.41, 5.74) is 0.435. The van der Waals surface area contributed by atoms with Crippen LogP contribution < -0.4 is 10.2 Å². The third kappa shape index (κ3) is 3.17. The van der Waals surface area contributed by atoms with Crippen molar-refractivity contribution in [3.8, 4) is 0 Å². The van der Waals surface area contributed by atoms with E-state index in [2.05, 4.69) is 13.8 Å². The van der Waals surface area contributed by atoms with Gasteiger partial charge < -0.3 is 10.2 Å². The Balaban J connectivity index is 3.86. The molecule has 0 bridgehead atoms. The van der Waals surface area contributed by atoms with Crippen molar-refractivity contribution in [2.45, 2.75) is 25.7 Å². The summed E-state index contributed by atoms with van der Waals surface area (Å²) in [5.74, 6) is -1.05. The molecule has 0 aliphatic heterocycles. The average Bonchev–Trinajstić information content (AvgIpc) is 1.87. The first-order valence-electron chi connectivity index (χ1n) is 3.37. The second-order valence-corrected chi connectivity index (χ2v) is 2.10. The molecule has 0 rings (SSSR count). The fraction of sp³-hybridized carbons (Fsp3) is 0.500. The quantitative estimate of drug-likeness (QED) is 0.412. The predicted molar refractivity (Wildman–Crippen MR) is 36.2 cm³/mol. The van der Waals surface area contributed by atoms with E-state index >= 15 is 0 Å². The van der Waals surface area contributed by atoms with E-state index in [1.807, 2.05) is 0 Å². The topological polar surface area (TPSA) is 46.1 Å². The fourth-order valence-electron chi connectivity index (χ4n) is 0.756. The predicted octanol–water partition coefficient (Wildman–Crippen LogP) is 0.147. The van der Waals surface area contributed by atoms with E-state index in [9.17, 15) is 10.2 Å². The molecular formula is C8H12O2. The van der Waals surface area contributed by atoms with Crippen molar-refractivity contribution in [1.82, 2.24) is 0 Å². The molecule has 0 atom stereocenters. The summed E-state index contributed by atoms with van der Waals surface area (Å²) >= 11 is 0. The van der Waals surface area contributed by atoms with Gasteiger partial charge in [-0.3, -0.25) is 0 Å². The first-order chi connectivity index (χ1) is 4.72. The van der Waals surface area contributed by atoms with Crippen molar-refractivity contribution >= 4 is 0 Å². The minimum atomic E-state index is -1.05. The average molecular weight is 140 g/mol. The molecule has 2 heteroatoms. The van der Waals surface area contributed by atoms with E-state index in [-0.39, 0.29) is 0 Å². The van der Waals surface area contributed by atoms with Gasteiger partial charge in [0, 0.05) is 12.8 Å². The molecule has 2 nitrogen and oxygen atoms in total. The van der Waals surface area contributed by atoms with Crippen LogP contribution in [0.25, 0.3) is 0 Å². The maximum absolute atomic E-state index is 10.3. The molecule has 0 fully saturated rings. The van der Waals surface area contributed by atoms with E-state index in [4.69, 9.17) is 0 Å². The zero-order valence-corrected chi connectivity index (χ0v) is 6.06. The second kappa shape index (κ2) is 4.91. The Morgan fingerprint density at radius 2 is 1.40 bits per heavy atom. The smallest absolute Gasteiger partial charge is 0.0887 e. The van der Waals surface area contributed by atoms with Gasteiger partial charge >= 0.3 is 0 Å². The highest BCUT2D eigenvalue weighted by atomic mass is 16.5. The van der Waals surface area contributed by atoms with Crippen molar-refractivity contribution in [1.29, 1.82) is 0 Å². The zero-order chi connectivity index (χ0) is 7.98. The molecule has 0 aromatic rings. The molecule has 0 radical (unpaired) electrons. The standard InChI is InChI=1S/C8H12O2/c1-3-5-7(6-4-2)8(9)10/h1-6H2. The van der Waals surface area contributed by atoms with Gasteiger partial charge in [0.15, 0.2) is 0 Å². The highest BCUT2D eigenvalue weighted by Crippen LogP contribution is 2.11. The molecule has 0 aliphatic carbocycles. The van der Waals surface area contributed by atoms with Crippen molar-refractivity contribution in [3.05, 3.63) is 25.4 Å². The van der Waals surface area contributed by atoms with Gasteiger partial charge in [-0.25, -0.2) is 5.95 Å². The first kappa shape index (κ1) is 9.08. The highest BCUT2D eigenvalue weighted by molar-refractivity contribution is 5.00. The van der Waals surface area contributed by atoms with Crippen LogP contribution in [0.5, 0.6) is 0 Å². The summed E-state index contributed by atoms with van der Waals surface area (Å²) in [7, 11) is 0. The molecule has 0 N–H and O–H groups in total. The fourth-order valence-corrected chi connectivity index (χ4v) is 0.756. The Hall–Kier alpha value is -0.920. The van der Waals surface area contributed by atoms with Crippen LogP contribution in [0.15, 0.2) is 11.5 Å². The van der Waals surface area contributed by atoms with E-state index in [1.165, 1.54) is 0 Å². The highest BCUT2D eigenvalue weighted by Gasteiger charge is 1.95. The first-order valence-corrected chi connectivity index (χ1v) is 3.37. The van der Waals surface area contributed by atoms with Gasteiger partial charge in [-0.2, -0.15) is 0 Å². The Kier molecular flexibility index (Phi) is 4.46. The largest absolute Gasteiger partial charge is 0.884 e. The molecule has 0 saturated heterocycles. The third-order valence-electron chi connectivity index (χ3n) is 1.25. The molecule has 56 valence electrons. The van der Waals surface area contributed by atoms with Crippen LogP contribution in [0, 0.1) is 13.8 Å². The summed E-state index contributed by atoms with van der Waals surface area (Å²) in [4.78, 5) is 0. The maximum atomic E-state index is 10.3. The van der Waals surface area contributed by atoms with Crippen LogP contribution in [-0.4, -0.2) is 0 Å². The van der Waals surface area contributed by atoms with Gasteiger partial charge in [0.2, 0.25) is 0 Å². The third-order valence-corrected chi connectivity index (χ3v) is 1.25. The van der Waals surface area contributed by atoms with Crippen LogP contribution in [0.3, 0.4) is 0 Å². The summed E-state index contributed by atoms with van der Waals surface area (Å²) in [6.07, 6.45) is 2.28. The van der Waals surface area contributed by atoms with Gasteiger partial charge in [-0.15, -0.1) is 0 Å². The summed E-state index contributed by atoms with van der Waals surface area (Å²) < 4.78 is 0. The van der Waals surface area contributed by atoms with E-state index in [1.54, 1.807) is 0 Å². The molecule has 0 aromatic carbocycles. The van der Waals surface area contributed by atoms with Gasteiger partial charge in [0.1, 0.15) is 0 Å². The zero-order valence-electron chi connectivity index (χ0n) is 6.06. The molecule has 0 aliphatic rings.